The minimum absolute atomic E-state index is 0.0187. The molecule has 136 valence electrons. The third kappa shape index (κ3) is 3.25. The molecule has 0 saturated carbocycles. The molecule has 0 saturated heterocycles. The fraction of sp³-hybridized carbons (Fsp3) is 0.235. The van der Waals surface area contributed by atoms with Gasteiger partial charge in [-0.1, -0.05) is 0 Å². The smallest absolute Gasteiger partial charge is 0.339 e. The molecule has 1 amide bonds. The maximum absolute atomic E-state index is 12.5. The van der Waals surface area contributed by atoms with Crippen molar-refractivity contribution >= 4 is 27.4 Å². The van der Waals surface area contributed by atoms with Gasteiger partial charge in [0.15, 0.2) is 0 Å². The largest absolute Gasteiger partial charge is 0.379 e. The van der Waals surface area contributed by atoms with Crippen LogP contribution >= 0.6 is 0 Å². The molecule has 0 fully saturated rings. The number of nitro groups is 1. The molecule has 1 aliphatic heterocycles. The second-order valence-electron chi connectivity index (χ2n) is 6.02. The van der Waals surface area contributed by atoms with Crippen molar-refractivity contribution in [2.45, 2.75) is 31.2 Å². The summed E-state index contributed by atoms with van der Waals surface area (Å²) < 4.78 is 30.0. The van der Waals surface area contributed by atoms with Crippen molar-refractivity contribution in [1.29, 1.82) is 0 Å². The van der Waals surface area contributed by atoms with E-state index in [0.717, 1.165) is 5.56 Å². The van der Waals surface area contributed by atoms with Gasteiger partial charge in [0.25, 0.3) is 5.69 Å². The molecule has 8 nitrogen and oxygen atoms in total. The van der Waals surface area contributed by atoms with Gasteiger partial charge in [0, 0.05) is 30.8 Å². The van der Waals surface area contributed by atoms with Crippen LogP contribution in [-0.4, -0.2) is 25.3 Å². The average molecular weight is 376 g/mol. The van der Waals surface area contributed by atoms with Crippen LogP contribution in [0.4, 0.5) is 11.4 Å². The standard InChI is InChI=1S/C17H16N2O6S/c1-11-9-13-10-16(7-8-17(13)18(11)12(2)20)26(23,24)25-15-5-3-14(4-6-15)19(21)22/h3-8,10-11H,9H2,1-2H3. The van der Waals surface area contributed by atoms with Gasteiger partial charge in [-0.15, -0.1) is 0 Å². The van der Waals surface area contributed by atoms with Gasteiger partial charge in [-0.3, -0.25) is 14.9 Å². The topological polar surface area (TPSA) is 107 Å². The number of hydrogen-bond donors (Lipinski definition) is 0. The van der Waals surface area contributed by atoms with Crippen LogP contribution in [0.1, 0.15) is 19.4 Å². The van der Waals surface area contributed by atoms with Crippen LogP contribution in [-0.2, 0) is 21.3 Å². The zero-order valence-electron chi connectivity index (χ0n) is 14.1. The summed E-state index contributed by atoms with van der Waals surface area (Å²) in [4.78, 5) is 23.4. The molecule has 0 aromatic heterocycles. The quantitative estimate of drug-likeness (QED) is 0.461. The van der Waals surface area contributed by atoms with Crippen LogP contribution in [0.3, 0.4) is 0 Å². The molecule has 0 N–H and O–H groups in total. The maximum Gasteiger partial charge on any atom is 0.339 e. The highest BCUT2D eigenvalue weighted by Crippen LogP contribution is 2.34. The molecule has 26 heavy (non-hydrogen) atoms. The Kier molecular flexibility index (Phi) is 4.41. The molecule has 1 atom stereocenters. The van der Waals surface area contributed by atoms with Gasteiger partial charge in [0.2, 0.25) is 5.91 Å². The van der Waals surface area contributed by atoms with Crippen LogP contribution in [0, 0.1) is 10.1 Å². The Labute approximate surface area is 150 Å². The molecule has 0 radical (unpaired) electrons. The number of carbonyl (C=O) groups excluding carboxylic acids is 1. The molecule has 0 spiro atoms. The predicted octanol–water partition coefficient (Wildman–Crippen LogP) is 2.66. The van der Waals surface area contributed by atoms with E-state index in [2.05, 4.69) is 0 Å². The molecule has 9 heteroatoms. The Bertz CT molecular complexity index is 985. The van der Waals surface area contributed by atoms with E-state index in [9.17, 15) is 23.3 Å². The van der Waals surface area contributed by atoms with Gasteiger partial charge in [-0.25, -0.2) is 0 Å². The lowest BCUT2D eigenvalue weighted by molar-refractivity contribution is -0.384. The number of anilines is 1. The number of carbonyl (C=O) groups is 1. The third-order valence-electron chi connectivity index (χ3n) is 4.15. The summed E-state index contributed by atoms with van der Waals surface area (Å²) in [5.74, 6) is -0.121. The number of amides is 1. The minimum atomic E-state index is -4.10. The monoisotopic (exact) mass is 376 g/mol. The van der Waals surface area contributed by atoms with E-state index >= 15 is 0 Å². The summed E-state index contributed by atoms with van der Waals surface area (Å²) in [6.07, 6.45) is 0.551. The third-order valence-corrected chi connectivity index (χ3v) is 5.39. The Morgan fingerprint density at radius 2 is 1.88 bits per heavy atom. The van der Waals surface area contributed by atoms with Gasteiger partial charge >= 0.3 is 10.1 Å². The lowest BCUT2D eigenvalue weighted by atomic mass is 10.1. The first kappa shape index (κ1) is 17.9. The number of benzene rings is 2. The van der Waals surface area contributed by atoms with Crippen molar-refractivity contribution in [1.82, 2.24) is 0 Å². The first-order valence-corrected chi connectivity index (χ1v) is 9.21. The highest BCUT2D eigenvalue weighted by Gasteiger charge is 2.30. The molecule has 1 unspecified atom stereocenters. The predicted molar refractivity (Wildman–Crippen MR) is 93.7 cm³/mol. The van der Waals surface area contributed by atoms with Gasteiger partial charge in [-0.2, -0.15) is 8.42 Å². The van der Waals surface area contributed by atoms with Gasteiger partial charge in [-0.05, 0) is 49.2 Å². The lowest BCUT2D eigenvalue weighted by Gasteiger charge is -2.20. The first-order valence-electron chi connectivity index (χ1n) is 7.81. The van der Waals surface area contributed by atoms with Crippen molar-refractivity contribution in [3.8, 4) is 5.75 Å². The number of nitro benzene ring substituents is 1. The Hall–Kier alpha value is -2.94. The van der Waals surface area contributed by atoms with Crippen LogP contribution in [0.2, 0.25) is 0 Å². The molecule has 1 aliphatic rings. The van der Waals surface area contributed by atoms with Crippen LogP contribution in [0.5, 0.6) is 5.75 Å². The van der Waals surface area contributed by atoms with Crippen molar-refractivity contribution in [3.05, 3.63) is 58.1 Å². The summed E-state index contributed by atoms with van der Waals surface area (Å²) in [7, 11) is -4.10. The molecular formula is C17H16N2O6S. The molecule has 2 aromatic rings. The summed E-state index contributed by atoms with van der Waals surface area (Å²) in [6.45, 7) is 3.36. The molecule has 2 aromatic carbocycles. The van der Waals surface area contributed by atoms with Crippen molar-refractivity contribution in [2.75, 3.05) is 4.90 Å². The highest BCUT2D eigenvalue weighted by atomic mass is 32.2. The summed E-state index contributed by atoms with van der Waals surface area (Å²) >= 11 is 0. The molecule has 1 heterocycles. The van der Waals surface area contributed by atoms with Gasteiger partial charge in [0.05, 0.1) is 4.92 Å². The summed E-state index contributed by atoms with van der Waals surface area (Å²) in [6, 6.07) is 9.21. The second-order valence-corrected chi connectivity index (χ2v) is 7.57. The first-order chi connectivity index (χ1) is 12.2. The van der Waals surface area contributed by atoms with E-state index in [1.165, 1.54) is 43.3 Å². The van der Waals surface area contributed by atoms with E-state index in [-0.39, 0.29) is 28.3 Å². The number of nitrogens with zero attached hydrogens (tertiary/aromatic N) is 2. The number of rotatable bonds is 4. The molecule has 0 aliphatic carbocycles. The fourth-order valence-corrected chi connectivity index (χ4v) is 4.02. The van der Waals surface area contributed by atoms with Crippen molar-refractivity contribution in [3.63, 3.8) is 0 Å². The Morgan fingerprint density at radius 3 is 2.46 bits per heavy atom. The van der Waals surface area contributed by atoms with Gasteiger partial charge < -0.3 is 9.08 Å². The Morgan fingerprint density at radius 1 is 1.23 bits per heavy atom. The maximum atomic E-state index is 12.5. The SMILES string of the molecule is CC(=O)N1c2ccc(S(=O)(=O)Oc3ccc([N+](=O)[O-])cc3)cc2CC1C. The highest BCUT2D eigenvalue weighted by molar-refractivity contribution is 7.87. The van der Waals surface area contributed by atoms with Crippen LogP contribution in [0.15, 0.2) is 47.4 Å². The number of hydrogen-bond acceptors (Lipinski definition) is 6. The normalized spacial score (nSPS) is 16.2. The number of non-ortho nitro benzene ring substituents is 1. The van der Waals surface area contributed by atoms with E-state index in [1.807, 2.05) is 6.92 Å². The summed E-state index contributed by atoms with van der Waals surface area (Å²) in [5.41, 5.74) is 1.28. The van der Waals surface area contributed by atoms with Crippen LogP contribution < -0.4 is 9.08 Å². The summed E-state index contributed by atoms with van der Waals surface area (Å²) in [5, 5.41) is 10.6. The van der Waals surface area contributed by atoms with E-state index in [0.29, 0.717) is 12.1 Å². The zero-order valence-corrected chi connectivity index (χ0v) is 14.9. The molecule has 3 rings (SSSR count). The van der Waals surface area contributed by atoms with E-state index in [1.54, 1.807) is 11.0 Å². The van der Waals surface area contributed by atoms with Gasteiger partial charge in [0.1, 0.15) is 10.6 Å². The molecular weight excluding hydrogens is 360 g/mol. The zero-order chi connectivity index (χ0) is 19.1. The van der Waals surface area contributed by atoms with E-state index in [4.69, 9.17) is 4.18 Å². The minimum Gasteiger partial charge on any atom is -0.379 e. The Balaban J connectivity index is 1.88. The number of fused-ring (bicyclic) bond motifs is 1. The van der Waals surface area contributed by atoms with Crippen molar-refractivity contribution < 1.29 is 22.3 Å². The second kappa shape index (κ2) is 6.41. The van der Waals surface area contributed by atoms with E-state index < -0.39 is 15.0 Å². The molecule has 0 bridgehead atoms. The van der Waals surface area contributed by atoms with Crippen LogP contribution in [0.25, 0.3) is 0 Å². The van der Waals surface area contributed by atoms with Crippen molar-refractivity contribution in [2.24, 2.45) is 0 Å². The fourth-order valence-electron chi connectivity index (χ4n) is 3.04. The lowest BCUT2D eigenvalue weighted by Crippen LogP contribution is -2.33. The average Bonchev–Trinajstić information content (AvgIpc) is 2.89.